The van der Waals surface area contributed by atoms with Gasteiger partial charge in [0.1, 0.15) is 23.9 Å². The Morgan fingerprint density at radius 2 is 1.69 bits per heavy atom. The molecule has 0 atom stereocenters. The highest BCUT2D eigenvalue weighted by atomic mass is 16.5. The van der Waals surface area contributed by atoms with Crippen molar-refractivity contribution in [3.63, 3.8) is 0 Å². The Kier molecular flexibility index (Phi) is 9.08. The molecule has 0 aliphatic carbocycles. The number of carbonyl (C=O) groups is 2. The second-order valence-electron chi connectivity index (χ2n) is 9.23. The lowest BCUT2D eigenvalue weighted by Gasteiger charge is -2.22. The third kappa shape index (κ3) is 7.32. The molecule has 0 bridgehead atoms. The lowest BCUT2D eigenvalue weighted by Crippen LogP contribution is -2.42. The molecule has 0 aliphatic heterocycles. The van der Waals surface area contributed by atoms with Crippen LogP contribution >= 0.6 is 0 Å². The monoisotopic (exact) mass is 494 g/mol. The Balaban J connectivity index is 1.76. The first-order chi connectivity index (χ1) is 17.2. The van der Waals surface area contributed by atoms with E-state index in [0.717, 1.165) is 17.1 Å². The average molecular weight is 495 g/mol. The predicted octanol–water partition coefficient (Wildman–Crippen LogP) is 3.67. The van der Waals surface area contributed by atoms with E-state index in [0.29, 0.717) is 18.2 Å². The molecule has 9 heteroatoms. The van der Waals surface area contributed by atoms with Crippen molar-refractivity contribution in [2.45, 2.75) is 26.2 Å². The van der Waals surface area contributed by atoms with Crippen LogP contribution in [0.25, 0.3) is 5.69 Å². The maximum absolute atomic E-state index is 13.1. The number of anilines is 1. The normalized spacial score (nSPS) is 11.1. The topological polar surface area (TPSA) is 94.9 Å². The Hall–Kier alpha value is -3.85. The summed E-state index contributed by atoms with van der Waals surface area (Å²) in [6.45, 7) is 6.37. The van der Waals surface area contributed by atoms with E-state index in [4.69, 9.17) is 19.3 Å². The van der Waals surface area contributed by atoms with E-state index in [1.807, 2.05) is 48.5 Å². The van der Waals surface area contributed by atoms with E-state index in [2.05, 4.69) is 26.1 Å². The summed E-state index contributed by atoms with van der Waals surface area (Å²) >= 11 is 0. The number of hydrogen-bond acceptors (Lipinski definition) is 6. The fraction of sp³-hybridized carbons (Fsp3) is 0.370. The first-order valence-corrected chi connectivity index (χ1v) is 11.7. The minimum absolute atomic E-state index is 0.154. The van der Waals surface area contributed by atoms with Crippen molar-refractivity contribution in [3.05, 3.63) is 66.4 Å². The zero-order chi connectivity index (χ0) is 26.1. The lowest BCUT2D eigenvalue weighted by atomic mass is 9.92. The Morgan fingerprint density at radius 1 is 1.00 bits per heavy atom. The summed E-state index contributed by atoms with van der Waals surface area (Å²) in [6, 6.07) is 18.3. The first kappa shape index (κ1) is 26.7. The van der Waals surface area contributed by atoms with Gasteiger partial charge in [-0.1, -0.05) is 39.0 Å². The van der Waals surface area contributed by atoms with E-state index in [1.165, 1.54) is 4.90 Å². The molecule has 0 fully saturated rings. The molecule has 3 aromatic rings. The summed E-state index contributed by atoms with van der Waals surface area (Å²) in [7, 11) is 3.15. The lowest BCUT2D eigenvalue weighted by molar-refractivity contribution is -0.137. The number of nitrogens with one attached hydrogen (secondary N) is 1. The predicted molar refractivity (Wildman–Crippen MR) is 138 cm³/mol. The van der Waals surface area contributed by atoms with Crippen LogP contribution in [0.5, 0.6) is 11.5 Å². The van der Waals surface area contributed by atoms with Gasteiger partial charge >= 0.3 is 0 Å². The number of ether oxygens (including phenoxy) is 3. The zero-order valence-corrected chi connectivity index (χ0v) is 21.5. The summed E-state index contributed by atoms with van der Waals surface area (Å²) in [4.78, 5) is 27.3. The van der Waals surface area contributed by atoms with Crippen molar-refractivity contribution in [1.82, 2.24) is 14.7 Å². The number of methoxy groups -OCH3 is 2. The Morgan fingerprint density at radius 3 is 2.31 bits per heavy atom. The largest absolute Gasteiger partial charge is 0.497 e. The third-order valence-corrected chi connectivity index (χ3v) is 5.42. The zero-order valence-electron chi connectivity index (χ0n) is 21.5. The second kappa shape index (κ2) is 12.2. The number of nitrogens with zero attached hydrogens (tertiary/aromatic N) is 3. The standard InChI is InChI=1S/C27H34N4O5/c1-27(2,3)23-17-24(31(29-23)20-11-13-21(35-5)14-12-20)28-25(32)18-30(15-16-34-4)26(33)19-36-22-9-7-6-8-10-22/h6-14,17H,15-16,18-19H2,1-5H3,(H,28,32). The third-order valence-electron chi connectivity index (χ3n) is 5.42. The van der Waals surface area contributed by atoms with Crippen molar-refractivity contribution in [1.29, 1.82) is 0 Å². The number of hydrogen-bond donors (Lipinski definition) is 1. The number of carbonyl (C=O) groups excluding carboxylic acids is 2. The van der Waals surface area contributed by atoms with E-state index in [-0.39, 0.29) is 36.9 Å². The Bertz CT molecular complexity index is 1140. The quantitative estimate of drug-likeness (QED) is 0.437. The van der Waals surface area contributed by atoms with Gasteiger partial charge in [0.25, 0.3) is 5.91 Å². The van der Waals surface area contributed by atoms with Gasteiger partial charge < -0.3 is 24.4 Å². The molecule has 0 spiro atoms. The molecule has 0 unspecified atom stereocenters. The van der Waals surface area contributed by atoms with Crippen LogP contribution in [0.3, 0.4) is 0 Å². The molecule has 1 aromatic heterocycles. The summed E-state index contributed by atoms with van der Waals surface area (Å²) in [5, 5.41) is 7.65. The number of amides is 2. The van der Waals surface area contributed by atoms with E-state index < -0.39 is 0 Å². The van der Waals surface area contributed by atoms with Crippen molar-refractivity contribution in [2.75, 3.05) is 45.8 Å². The molecule has 0 radical (unpaired) electrons. The fourth-order valence-corrected chi connectivity index (χ4v) is 3.36. The van der Waals surface area contributed by atoms with Gasteiger partial charge in [-0.3, -0.25) is 9.59 Å². The molecule has 1 N–H and O–H groups in total. The highest BCUT2D eigenvalue weighted by molar-refractivity contribution is 5.94. The Labute approximate surface area is 212 Å². The highest BCUT2D eigenvalue weighted by Gasteiger charge is 2.23. The number of aromatic nitrogens is 2. The summed E-state index contributed by atoms with van der Waals surface area (Å²) in [5.41, 5.74) is 1.36. The molecule has 2 amide bonds. The minimum atomic E-state index is -0.353. The summed E-state index contributed by atoms with van der Waals surface area (Å²) in [5.74, 6) is 1.15. The van der Waals surface area contributed by atoms with Crippen molar-refractivity contribution in [2.24, 2.45) is 0 Å². The van der Waals surface area contributed by atoms with Gasteiger partial charge in [-0.15, -0.1) is 0 Å². The van der Waals surface area contributed by atoms with Crippen LogP contribution < -0.4 is 14.8 Å². The molecule has 0 aliphatic rings. The molecule has 1 heterocycles. The fourth-order valence-electron chi connectivity index (χ4n) is 3.36. The van der Waals surface area contributed by atoms with Crippen molar-refractivity contribution < 1.29 is 23.8 Å². The molecule has 36 heavy (non-hydrogen) atoms. The molecule has 192 valence electrons. The van der Waals surface area contributed by atoms with Gasteiger partial charge in [0.05, 0.1) is 25.1 Å². The first-order valence-electron chi connectivity index (χ1n) is 11.7. The van der Waals surface area contributed by atoms with E-state index in [9.17, 15) is 9.59 Å². The van der Waals surface area contributed by atoms with Crippen LogP contribution in [0.4, 0.5) is 5.82 Å². The van der Waals surface area contributed by atoms with Gasteiger partial charge in [-0.05, 0) is 36.4 Å². The van der Waals surface area contributed by atoms with Crippen LogP contribution in [0.15, 0.2) is 60.7 Å². The van der Waals surface area contributed by atoms with Crippen LogP contribution in [0, 0.1) is 0 Å². The highest BCUT2D eigenvalue weighted by Crippen LogP contribution is 2.27. The van der Waals surface area contributed by atoms with Crippen molar-refractivity contribution in [3.8, 4) is 17.2 Å². The maximum atomic E-state index is 13.1. The summed E-state index contributed by atoms with van der Waals surface area (Å²) in [6.07, 6.45) is 0. The van der Waals surface area contributed by atoms with Gasteiger partial charge in [0, 0.05) is 25.1 Å². The number of benzene rings is 2. The van der Waals surface area contributed by atoms with Gasteiger partial charge in [0.2, 0.25) is 5.91 Å². The molecular formula is C27H34N4O5. The van der Waals surface area contributed by atoms with Crippen molar-refractivity contribution >= 4 is 17.6 Å². The summed E-state index contributed by atoms with van der Waals surface area (Å²) < 4.78 is 17.6. The molecule has 0 saturated carbocycles. The van der Waals surface area contributed by atoms with Gasteiger partial charge in [0.15, 0.2) is 6.61 Å². The van der Waals surface area contributed by atoms with Crippen LogP contribution in [-0.2, 0) is 19.7 Å². The average Bonchev–Trinajstić information content (AvgIpc) is 3.30. The number of para-hydroxylation sites is 1. The van der Waals surface area contributed by atoms with Gasteiger partial charge in [-0.2, -0.15) is 5.10 Å². The van der Waals surface area contributed by atoms with Gasteiger partial charge in [-0.25, -0.2) is 4.68 Å². The van der Waals surface area contributed by atoms with Crippen LogP contribution in [0.1, 0.15) is 26.5 Å². The SMILES string of the molecule is COCCN(CC(=O)Nc1cc(C(C)(C)C)nn1-c1ccc(OC)cc1)C(=O)COc1ccccc1. The molecule has 3 rings (SSSR count). The molecular weight excluding hydrogens is 460 g/mol. The van der Waals surface area contributed by atoms with E-state index in [1.54, 1.807) is 31.0 Å². The molecule has 0 saturated heterocycles. The molecule has 2 aromatic carbocycles. The van der Waals surface area contributed by atoms with Crippen LogP contribution in [0.2, 0.25) is 0 Å². The second-order valence-corrected chi connectivity index (χ2v) is 9.23. The van der Waals surface area contributed by atoms with E-state index >= 15 is 0 Å². The molecule has 9 nitrogen and oxygen atoms in total. The maximum Gasteiger partial charge on any atom is 0.261 e. The minimum Gasteiger partial charge on any atom is -0.497 e. The smallest absolute Gasteiger partial charge is 0.261 e. The number of rotatable bonds is 11. The van der Waals surface area contributed by atoms with Crippen LogP contribution in [-0.4, -0.2) is 67.0 Å².